The summed E-state index contributed by atoms with van der Waals surface area (Å²) >= 11 is 7.29. The van der Waals surface area contributed by atoms with E-state index in [0.29, 0.717) is 12.5 Å². The van der Waals surface area contributed by atoms with E-state index in [-0.39, 0.29) is 12.7 Å². The summed E-state index contributed by atoms with van der Waals surface area (Å²) < 4.78 is 21.6. The minimum Gasteiger partial charge on any atom is -0.489 e. The highest BCUT2D eigenvalue weighted by atomic mass is 127. The molecule has 3 aromatic carbocycles. The van der Waals surface area contributed by atoms with Gasteiger partial charge in [0.2, 0.25) is 0 Å². The Bertz CT molecular complexity index is 1490. The van der Waals surface area contributed by atoms with Crippen LogP contribution in [-0.2, 0) is 32.9 Å². The van der Waals surface area contributed by atoms with Crippen LogP contribution in [0, 0.1) is 0 Å². The number of aryl methyl sites for hydroxylation is 1. The number of ether oxygens (including phenoxy) is 2. The Morgan fingerprint density at radius 1 is 0.900 bits per heavy atom. The van der Waals surface area contributed by atoms with Crippen LogP contribution in [0.25, 0.3) is 11.3 Å². The van der Waals surface area contributed by atoms with Crippen molar-refractivity contribution in [1.82, 2.24) is 5.16 Å². The lowest BCUT2D eigenvalue weighted by atomic mass is 9.94. The first kappa shape index (κ1) is 28.7. The van der Waals surface area contributed by atoms with Gasteiger partial charge >= 0.3 is 0 Å². The van der Waals surface area contributed by atoms with Gasteiger partial charge in [0.25, 0.3) is 0 Å². The van der Waals surface area contributed by atoms with Crippen molar-refractivity contribution in [3.8, 4) is 22.8 Å². The molecule has 1 aliphatic carbocycles. The molecule has 0 bridgehead atoms. The first-order chi connectivity index (χ1) is 19.6. The molecule has 0 radical (unpaired) electrons. The van der Waals surface area contributed by atoms with Gasteiger partial charge in [0.15, 0.2) is 0 Å². The van der Waals surface area contributed by atoms with Gasteiger partial charge in [-0.25, -0.2) is 0 Å². The molecule has 0 amide bonds. The monoisotopic (exact) mass is 873 g/mol. The van der Waals surface area contributed by atoms with Crippen molar-refractivity contribution >= 4 is 67.8 Å². The number of hydrogen-bond acceptors (Lipinski definition) is 5. The second-order valence-corrected chi connectivity index (χ2v) is 12.7. The number of benzene rings is 3. The summed E-state index contributed by atoms with van der Waals surface area (Å²) in [6.07, 6.45) is 4.15. The summed E-state index contributed by atoms with van der Waals surface area (Å²) in [4.78, 5) is 0. The fourth-order valence-electron chi connectivity index (χ4n) is 5.52. The van der Waals surface area contributed by atoms with Gasteiger partial charge in [0.05, 0.1) is 12.2 Å². The summed E-state index contributed by atoms with van der Waals surface area (Å²) in [6.45, 7) is 0.487. The second kappa shape index (κ2) is 12.9. The molecule has 40 heavy (non-hydrogen) atoms. The normalized spacial score (nSPS) is 16.4. The maximum atomic E-state index is 9.47. The zero-order valence-corrected chi connectivity index (χ0v) is 28.4. The second-order valence-electron chi connectivity index (χ2n) is 10.4. The number of aromatic nitrogens is 1. The van der Waals surface area contributed by atoms with Gasteiger partial charge in [-0.15, -0.1) is 0 Å². The van der Waals surface area contributed by atoms with E-state index in [0.717, 1.165) is 73.0 Å². The van der Waals surface area contributed by atoms with Crippen molar-refractivity contribution in [1.29, 1.82) is 0 Å². The molecule has 1 aromatic heterocycles. The summed E-state index contributed by atoms with van der Waals surface area (Å²) in [5.74, 6) is 3.20. The lowest BCUT2D eigenvalue weighted by molar-refractivity contribution is 0.175. The van der Waals surface area contributed by atoms with Crippen molar-refractivity contribution in [3.05, 3.63) is 99.3 Å². The Hall–Kier alpha value is -1.38. The van der Waals surface area contributed by atoms with E-state index in [2.05, 4.69) is 115 Å². The van der Waals surface area contributed by atoms with E-state index in [1.165, 1.54) is 33.4 Å². The van der Waals surface area contributed by atoms with Crippen molar-refractivity contribution in [3.63, 3.8) is 0 Å². The number of alkyl halides is 3. The molecule has 4 aromatic rings. The maximum Gasteiger partial charge on any atom is 0.147 e. The summed E-state index contributed by atoms with van der Waals surface area (Å²) in [7, 11) is 0. The third-order valence-corrected chi connectivity index (χ3v) is 10.2. The molecular weight excluding hydrogens is 843 g/mol. The van der Waals surface area contributed by atoms with E-state index < -0.39 is 0 Å². The first-order valence-corrected chi connectivity index (χ1v) is 18.1. The quantitative estimate of drug-likeness (QED) is 0.127. The first-order valence-electron chi connectivity index (χ1n) is 13.6. The van der Waals surface area contributed by atoms with Gasteiger partial charge in [-0.3, -0.25) is 0 Å². The molecule has 1 fully saturated rings. The van der Waals surface area contributed by atoms with E-state index in [9.17, 15) is 5.11 Å². The van der Waals surface area contributed by atoms with Crippen LogP contribution in [0.3, 0.4) is 0 Å². The molecule has 0 saturated heterocycles. The topological polar surface area (TPSA) is 64.7 Å². The predicted molar refractivity (Wildman–Crippen MR) is 182 cm³/mol. The molecule has 8 heteroatoms. The van der Waals surface area contributed by atoms with Crippen LogP contribution in [0.5, 0.6) is 11.5 Å². The molecule has 1 saturated carbocycles. The predicted octanol–water partition coefficient (Wildman–Crippen LogP) is 9.16. The largest absolute Gasteiger partial charge is 0.489 e. The molecule has 208 valence electrons. The van der Waals surface area contributed by atoms with Crippen molar-refractivity contribution < 1.29 is 19.1 Å². The lowest BCUT2D eigenvalue weighted by Crippen LogP contribution is -2.16. The van der Waals surface area contributed by atoms with Crippen LogP contribution in [0.2, 0.25) is 0 Å². The third kappa shape index (κ3) is 5.92. The summed E-state index contributed by atoms with van der Waals surface area (Å²) in [5, 5.41) is 14.1. The maximum absolute atomic E-state index is 9.47. The molecule has 2 aliphatic rings. The number of fused-ring (bicyclic) bond motifs is 1. The van der Waals surface area contributed by atoms with Gasteiger partial charge in [0.1, 0.15) is 35.7 Å². The molecule has 1 unspecified atom stereocenters. The van der Waals surface area contributed by atoms with Crippen molar-refractivity contribution in [2.75, 3.05) is 0 Å². The van der Waals surface area contributed by atoms with Crippen molar-refractivity contribution in [2.45, 2.75) is 64.2 Å². The van der Waals surface area contributed by atoms with E-state index >= 15 is 0 Å². The van der Waals surface area contributed by atoms with Crippen molar-refractivity contribution in [2.24, 2.45) is 0 Å². The molecule has 1 aliphatic heterocycles. The molecule has 6 rings (SSSR count). The molecule has 5 nitrogen and oxygen atoms in total. The molecule has 2 heterocycles. The zero-order valence-electron chi connectivity index (χ0n) is 22.0. The fourth-order valence-corrected chi connectivity index (χ4v) is 7.45. The molecule has 1 atom stereocenters. The number of rotatable bonds is 10. The van der Waals surface area contributed by atoms with Crippen LogP contribution in [0.15, 0.2) is 59.1 Å². The van der Waals surface area contributed by atoms with Gasteiger partial charge in [-0.1, -0.05) is 103 Å². The van der Waals surface area contributed by atoms with Crippen LogP contribution >= 0.6 is 67.8 Å². The highest BCUT2D eigenvalue weighted by molar-refractivity contribution is 14.1. The number of aliphatic hydroxyl groups is 1. The highest BCUT2D eigenvalue weighted by Gasteiger charge is 2.34. The van der Waals surface area contributed by atoms with Crippen LogP contribution in [0.1, 0.15) is 76.0 Å². The standard InChI is InChI=1S/C32H30I3NO4/c33-14-22-2-1-3-23(15-34)30(22)31-27(32(40-36-31)20-5-6-20)18-38-25-8-9-26(24(13-25)16-35)29-11-7-21-12-19(17-37)4-10-28(21)39-29/h1-4,8-10,12-13,20,29,37H,5-7,11,14-18H2. The minimum atomic E-state index is 0.00825. The van der Waals surface area contributed by atoms with Gasteiger partial charge in [0, 0.05) is 24.8 Å². The highest BCUT2D eigenvalue weighted by Crippen LogP contribution is 2.45. The average Bonchev–Trinajstić information content (AvgIpc) is 3.77. The van der Waals surface area contributed by atoms with Gasteiger partial charge in [-0.2, -0.15) is 0 Å². The Balaban J connectivity index is 1.25. The number of halogens is 3. The third-order valence-electron chi connectivity index (χ3n) is 7.77. The minimum absolute atomic E-state index is 0.00825. The number of hydrogen-bond donors (Lipinski definition) is 1. The SMILES string of the molecule is OCc1ccc2c(c1)CCC(c1ccc(OCc3c(-c4c(CI)cccc4CI)noc3C3CC3)cc1CI)O2. The van der Waals surface area contributed by atoms with Crippen LogP contribution in [0.4, 0.5) is 0 Å². The summed E-state index contributed by atoms with van der Waals surface area (Å²) in [6, 6.07) is 18.9. The smallest absolute Gasteiger partial charge is 0.147 e. The zero-order chi connectivity index (χ0) is 27.6. The Morgan fingerprint density at radius 3 is 2.38 bits per heavy atom. The number of nitrogens with zero attached hydrogens (tertiary/aromatic N) is 1. The molecule has 1 N–H and O–H groups in total. The lowest BCUT2D eigenvalue weighted by Gasteiger charge is -2.28. The molecule has 0 spiro atoms. The van der Waals surface area contributed by atoms with Gasteiger partial charge in [-0.05, 0) is 83.3 Å². The number of aliphatic hydroxyl groups excluding tert-OH is 1. The Labute approximate surface area is 275 Å². The average molecular weight is 873 g/mol. The van der Waals surface area contributed by atoms with E-state index in [4.69, 9.17) is 14.0 Å². The van der Waals surface area contributed by atoms with E-state index in [1.54, 1.807) is 0 Å². The summed E-state index contributed by atoms with van der Waals surface area (Å²) in [5.41, 5.74) is 10.3. The van der Waals surface area contributed by atoms with Crippen LogP contribution in [-0.4, -0.2) is 10.3 Å². The fraction of sp³-hybridized carbons (Fsp3) is 0.344. The van der Waals surface area contributed by atoms with Crippen LogP contribution < -0.4 is 9.47 Å². The Kier molecular flexibility index (Phi) is 9.24. The molecular formula is C32H30I3NO4. The Morgan fingerprint density at radius 2 is 1.68 bits per heavy atom. The van der Waals surface area contributed by atoms with E-state index in [1.807, 2.05) is 12.1 Å². The van der Waals surface area contributed by atoms with Gasteiger partial charge < -0.3 is 19.1 Å².